The molecule has 2 aromatic rings. The Morgan fingerprint density at radius 3 is 2.70 bits per heavy atom. The van der Waals surface area contributed by atoms with Gasteiger partial charge in [-0.2, -0.15) is 0 Å². The summed E-state index contributed by atoms with van der Waals surface area (Å²) in [5.41, 5.74) is 8.58. The van der Waals surface area contributed by atoms with Gasteiger partial charge in [-0.3, -0.25) is 0 Å². The molecular weight excluding hydrogens is 252 g/mol. The molecule has 1 heterocycles. The van der Waals surface area contributed by atoms with Crippen molar-refractivity contribution in [3.05, 3.63) is 35.4 Å². The van der Waals surface area contributed by atoms with Crippen molar-refractivity contribution < 1.29 is 9.15 Å². The minimum Gasteiger partial charge on any atom is -0.496 e. The van der Waals surface area contributed by atoms with Crippen molar-refractivity contribution in [2.24, 2.45) is 5.73 Å². The summed E-state index contributed by atoms with van der Waals surface area (Å²) >= 11 is 0. The molecule has 1 aromatic carbocycles. The van der Waals surface area contributed by atoms with E-state index in [2.05, 4.69) is 31.0 Å². The Morgan fingerprint density at radius 2 is 2.10 bits per heavy atom. The molecule has 0 saturated heterocycles. The topological polar surface area (TPSA) is 61.3 Å². The summed E-state index contributed by atoms with van der Waals surface area (Å²) < 4.78 is 11.1. The largest absolute Gasteiger partial charge is 0.496 e. The van der Waals surface area contributed by atoms with E-state index in [9.17, 15) is 0 Å². The predicted molar refractivity (Wildman–Crippen MR) is 80.1 cm³/mol. The summed E-state index contributed by atoms with van der Waals surface area (Å²) in [4.78, 5) is 4.53. The smallest absolute Gasteiger partial charge is 0.196 e. The molecular formula is C16H22N2O2. The summed E-state index contributed by atoms with van der Waals surface area (Å²) in [7, 11) is 1.68. The van der Waals surface area contributed by atoms with E-state index in [1.54, 1.807) is 7.11 Å². The number of nitrogens with zero attached hydrogens (tertiary/aromatic N) is 1. The van der Waals surface area contributed by atoms with Crippen LogP contribution < -0.4 is 10.5 Å². The second-order valence-corrected chi connectivity index (χ2v) is 5.17. The molecule has 0 aliphatic rings. The zero-order valence-corrected chi connectivity index (χ0v) is 12.6. The lowest BCUT2D eigenvalue weighted by molar-refractivity contribution is 0.415. The number of aromatic nitrogens is 1. The first kappa shape index (κ1) is 14.6. The zero-order chi connectivity index (χ0) is 14.7. The number of nitrogens with two attached hydrogens (primary N) is 1. The van der Waals surface area contributed by atoms with E-state index in [4.69, 9.17) is 14.9 Å². The van der Waals surface area contributed by atoms with Crippen molar-refractivity contribution in [3.8, 4) is 17.0 Å². The summed E-state index contributed by atoms with van der Waals surface area (Å²) in [6.07, 6.45) is 0.646. The van der Waals surface area contributed by atoms with Crippen LogP contribution in [-0.2, 0) is 6.42 Å². The highest BCUT2D eigenvalue weighted by molar-refractivity contribution is 5.69. The van der Waals surface area contributed by atoms with Crippen molar-refractivity contribution >= 4 is 0 Å². The van der Waals surface area contributed by atoms with Crippen LogP contribution in [0.5, 0.6) is 5.75 Å². The first-order valence-corrected chi connectivity index (χ1v) is 6.91. The summed E-state index contributed by atoms with van der Waals surface area (Å²) in [6.45, 7) is 6.77. The summed E-state index contributed by atoms with van der Waals surface area (Å²) in [5.74, 6) is 2.76. The van der Waals surface area contributed by atoms with Gasteiger partial charge in [0.1, 0.15) is 17.2 Å². The highest BCUT2D eigenvalue weighted by Gasteiger charge is 2.16. The molecule has 20 heavy (non-hydrogen) atoms. The number of hydrogen-bond acceptors (Lipinski definition) is 4. The Bertz CT molecular complexity index is 588. The highest BCUT2D eigenvalue weighted by atomic mass is 16.5. The van der Waals surface area contributed by atoms with E-state index in [1.807, 2.05) is 13.0 Å². The number of oxazole rings is 1. The van der Waals surface area contributed by atoms with Crippen LogP contribution in [0, 0.1) is 6.92 Å². The minimum absolute atomic E-state index is 0.462. The lowest BCUT2D eigenvalue weighted by atomic mass is 9.99. The Kier molecular flexibility index (Phi) is 4.45. The molecule has 4 heteroatoms. The van der Waals surface area contributed by atoms with Gasteiger partial charge in [-0.15, -0.1) is 0 Å². The monoisotopic (exact) mass is 274 g/mol. The van der Waals surface area contributed by atoms with Gasteiger partial charge in [0.2, 0.25) is 0 Å². The van der Waals surface area contributed by atoms with E-state index in [-0.39, 0.29) is 0 Å². The molecule has 0 spiro atoms. The van der Waals surface area contributed by atoms with Gasteiger partial charge >= 0.3 is 0 Å². The van der Waals surface area contributed by atoms with Crippen LogP contribution >= 0.6 is 0 Å². The van der Waals surface area contributed by atoms with E-state index in [0.717, 1.165) is 22.8 Å². The molecule has 0 bridgehead atoms. The molecule has 2 rings (SSSR count). The molecule has 4 nitrogen and oxygen atoms in total. The molecule has 108 valence electrons. The van der Waals surface area contributed by atoms with E-state index < -0.39 is 0 Å². The molecule has 0 atom stereocenters. The average molecular weight is 274 g/mol. The maximum absolute atomic E-state index is 5.64. The van der Waals surface area contributed by atoms with Gasteiger partial charge in [0.25, 0.3) is 0 Å². The maximum Gasteiger partial charge on any atom is 0.196 e. The predicted octanol–water partition coefficient (Wildman–Crippen LogP) is 3.28. The fourth-order valence-electron chi connectivity index (χ4n) is 2.19. The zero-order valence-electron chi connectivity index (χ0n) is 12.6. The Morgan fingerprint density at radius 1 is 1.35 bits per heavy atom. The number of aryl methyl sites for hydroxylation is 1. The van der Waals surface area contributed by atoms with Crippen LogP contribution in [0.2, 0.25) is 0 Å². The molecule has 0 unspecified atom stereocenters. The molecule has 0 aliphatic heterocycles. The van der Waals surface area contributed by atoms with Crippen molar-refractivity contribution in [1.29, 1.82) is 0 Å². The third kappa shape index (κ3) is 2.85. The molecule has 0 aliphatic carbocycles. The maximum atomic E-state index is 5.64. The van der Waals surface area contributed by atoms with Crippen LogP contribution in [-0.4, -0.2) is 18.6 Å². The minimum atomic E-state index is 0.462. The van der Waals surface area contributed by atoms with Gasteiger partial charge in [0, 0.05) is 18.5 Å². The Balaban J connectivity index is 2.46. The average Bonchev–Trinajstić information content (AvgIpc) is 2.79. The number of benzene rings is 1. The van der Waals surface area contributed by atoms with E-state index in [1.165, 1.54) is 5.56 Å². The van der Waals surface area contributed by atoms with Crippen LogP contribution in [0.25, 0.3) is 11.3 Å². The number of ether oxygens (including phenoxy) is 1. The fourth-order valence-corrected chi connectivity index (χ4v) is 2.19. The molecule has 0 saturated carbocycles. The molecule has 2 N–H and O–H groups in total. The fraction of sp³-hybridized carbons (Fsp3) is 0.438. The van der Waals surface area contributed by atoms with Gasteiger partial charge in [-0.05, 0) is 30.5 Å². The second-order valence-electron chi connectivity index (χ2n) is 5.17. The van der Waals surface area contributed by atoms with Crippen LogP contribution in [0.1, 0.15) is 37.0 Å². The van der Waals surface area contributed by atoms with Gasteiger partial charge < -0.3 is 14.9 Å². The van der Waals surface area contributed by atoms with Crippen LogP contribution in [0.15, 0.2) is 22.6 Å². The Hall–Kier alpha value is -1.81. The van der Waals surface area contributed by atoms with E-state index >= 15 is 0 Å². The first-order chi connectivity index (χ1) is 9.56. The molecule has 1 aromatic heterocycles. The van der Waals surface area contributed by atoms with Crippen molar-refractivity contribution in [2.45, 2.75) is 33.1 Å². The van der Waals surface area contributed by atoms with Gasteiger partial charge in [-0.1, -0.05) is 19.9 Å². The number of hydrogen-bond donors (Lipinski definition) is 1. The van der Waals surface area contributed by atoms with Crippen molar-refractivity contribution in [1.82, 2.24) is 4.98 Å². The molecule has 0 radical (unpaired) electrons. The summed E-state index contributed by atoms with van der Waals surface area (Å²) in [6, 6.07) is 6.22. The van der Waals surface area contributed by atoms with Crippen molar-refractivity contribution in [2.75, 3.05) is 13.7 Å². The van der Waals surface area contributed by atoms with Gasteiger partial charge in [-0.25, -0.2) is 4.98 Å². The SMILES string of the molecule is COc1cc(C(C)C)ccc1-c1nc(CCN)oc1C. The first-order valence-electron chi connectivity index (χ1n) is 6.91. The third-order valence-electron chi connectivity index (χ3n) is 3.35. The highest BCUT2D eigenvalue weighted by Crippen LogP contribution is 2.34. The van der Waals surface area contributed by atoms with E-state index in [0.29, 0.717) is 24.8 Å². The standard InChI is InChI=1S/C16H22N2O2/c1-10(2)12-5-6-13(14(9-12)19-4)16-11(3)20-15(18-16)7-8-17/h5-6,9-10H,7-8,17H2,1-4H3. The number of rotatable bonds is 5. The van der Waals surface area contributed by atoms with Crippen molar-refractivity contribution in [3.63, 3.8) is 0 Å². The van der Waals surface area contributed by atoms with Crippen LogP contribution in [0.3, 0.4) is 0 Å². The Labute approximate surface area is 120 Å². The quantitative estimate of drug-likeness (QED) is 0.909. The molecule has 0 fully saturated rings. The van der Waals surface area contributed by atoms with Crippen LogP contribution in [0.4, 0.5) is 0 Å². The second kappa shape index (κ2) is 6.09. The van der Waals surface area contributed by atoms with Gasteiger partial charge in [0.05, 0.1) is 7.11 Å². The third-order valence-corrected chi connectivity index (χ3v) is 3.35. The lowest BCUT2D eigenvalue weighted by Gasteiger charge is -2.11. The normalized spacial score (nSPS) is 11.1. The lowest BCUT2D eigenvalue weighted by Crippen LogP contribution is -2.02. The number of methoxy groups -OCH3 is 1. The summed E-state index contributed by atoms with van der Waals surface area (Å²) in [5, 5.41) is 0. The molecule has 0 amide bonds. The van der Waals surface area contributed by atoms with Gasteiger partial charge in [0.15, 0.2) is 5.89 Å².